The van der Waals surface area contributed by atoms with Gasteiger partial charge in [-0.25, -0.2) is 22.8 Å². The number of hydrogen-bond donors (Lipinski definition) is 0. The number of carbonyl (C=O) groups is 1. The maximum Gasteiger partial charge on any atom is 0.253 e. The number of anilines is 1. The molecule has 13 heteroatoms. The molecule has 2 aromatic heterocycles. The first-order valence-electron chi connectivity index (χ1n) is 12.4. The summed E-state index contributed by atoms with van der Waals surface area (Å²) >= 11 is 0. The number of amides is 1. The number of hydrogen-bond acceptors (Lipinski definition) is 8. The number of piperazine rings is 1. The molecule has 2 saturated heterocycles. The predicted molar refractivity (Wildman–Crippen MR) is 137 cm³/mol. The molecule has 11 nitrogen and oxygen atoms in total. The van der Waals surface area contributed by atoms with E-state index in [0.29, 0.717) is 67.5 Å². The Bertz CT molecular complexity index is 1580. The molecular formula is C25H25FN8O3S. The van der Waals surface area contributed by atoms with Crippen LogP contribution in [0.3, 0.4) is 0 Å². The lowest BCUT2D eigenvalue weighted by Crippen LogP contribution is -2.49. The summed E-state index contributed by atoms with van der Waals surface area (Å²) < 4.78 is 41.9. The van der Waals surface area contributed by atoms with Crippen LogP contribution in [0.15, 0.2) is 59.8 Å². The fraction of sp³-hybridized carbons (Fsp3) is 0.320. The van der Waals surface area contributed by atoms with Gasteiger partial charge < -0.3 is 9.80 Å². The first kappa shape index (κ1) is 24.4. The Balaban J connectivity index is 1.15. The molecule has 4 aromatic rings. The molecule has 0 radical (unpaired) electrons. The maximum absolute atomic E-state index is 13.3. The Labute approximate surface area is 218 Å². The van der Waals surface area contributed by atoms with Crippen molar-refractivity contribution in [3.8, 4) is 5.69 Å². The number of fused-ring (bicyclic) bond motifs is 1. The fourth-order valence-corrected chi connectivity index (χ4v) is 6.39. The number of nitrogens with zero attached hydrogens (tertiary/aromatic N) is 8. The van der Waals surface area contributed by atoms with Gasteiger partial charge in [-0.1, -0.05) is 5.21 Å². The quantitative estimate of drug-likeness (QED) is 0.381. The standard InChI is InChI=1S/C25H25FN8O3S/c26-19-5-7-20(8-6-19)34-24-22(29-30-34)23(27-17-28-24)31-13-15-32(16-14-31)25(35)18-3-9-21(10-4-18)38(36,37)33-11-1-2-12-33/h3-10,17H,1-2,11-16H2. The van der Waals surface area contributed by atoms with Crippen LogP contribution >= 0.6 is 0 Å². The molecule has 1 amide bonds. The van der Waals surface area contributed by atoms with E-state index < -0.39 is 10.0 Å². The van der Waals surface area contributed by atoms with Gasteiger partial charge in [0, 0.05) is 44.8 Å². The van der Waals surface area contributed by atoms with E-state index in [4.69, 9.17) is 0 Å². The third kappa shape index (κ3) is 4.37. The first-order valence-corrected chi connectivity index (χ1v) is 13.8. The molecule has 0 spiro atoms. The number of sulfonamides is 1. The molecule has 6 rings (SSSR count). The Morgan fingerprint density at radius 2 is 1.53 bits per heavy atom. The minimum absolute atomic E-state index is 0.148. The second-order valence-electron chi connectivity index (χ2n) is 9.26. The van der Waals surface area contributed by atoms with Gasteiger partial charge in [-0.15, -0.1) is 5.10 Å². The van der Waals surface area contributed by atoms with Crippen LogP contribution in [0.1, 0.15) is 23.2 Å². The van der Waals surface area contributed by atoms with Crippen molar-refractivity contribution in [2.45, 2.75) is 17.7 Å². The molecule has 0 bridgehead atoms. The highest BCUT2D eigenvalue weighted by Gasteiger charge is 2.29. The van der Waals surface area contributed by atoms with Crippen molar-refractivity contribution >= 4 is 32.9 Å². The van der Waals surface area contributed by atoms with Crippen molar-refractivity contribution in [2.75, 3.05) is 44.2 Å². The third-order valence-corrected chi connectivity index (χ3v) is 8.87. The highest BCUT2D eigenvalue weighted by molar-refractivity contribution is 7.89. The van der Waals surface area contributed by atoms with E-state index in [1.807, 2.05) is 4.90 Å². The second kappa shape index (κ2) is 9.72. The zero-order chi connectivity index (χ0) is 26.3. The minimum Gasteiger partial charge on any atom is -0.351 e. The number of benzene rings is 2. The molecule has 2 aromatic carbocycles. The Kier molecular flexibility index (Phi) is 6.24. The van der Waals surface area contributed by atoms with Gasteiger partial charge in [0.1, 0.15) is 12.1 Å². The second-order valence-corrected chi connectivity index (χ2v) is 11.2. The first-order chi connectivity index (χ1) is 18.4. The number of carbonyl (C=O) groups excluding carboxylic acids is 1. The molecule has 38 heavy (non-hydrogen) atoms. The van der Waals surface area contributed by atoms with E-state index in [0.717, 1.165) is 12.8 Å². The van der Waals surface area contributed by atoms with Crippen molar-refractivity contribution in [3.63, 3.8) is 0 Å². The summed E-state index contributed by atoms with van der Waals surface area (Å²) in [4.78, 5) is 25.9. The summed E-state index contributed by atoms with van der Waals surface area (Å²) in [7, 11) is -3.52. The largest absolute Gasteiger partial charge is 0.351 e. The Hall–Kier alpha value is -3.97. The molecule has 4 heterocycles. The molecule has 2 fully saturated rings. The van der Waals surface area contributed by atoms with Gasteiger partial charge in [0.05, 0.1) is 10.6 Å². The molecule has 2 aliphatic rings. The van der Waals surface area contributed by atoms with Crippen LogP contribution in [0.25, 0.3) is 16.9 Å². The van der Waals surface area contributed by atoms with Crippen LogP contribution in [0.5, 0.6) is 0 Å². The van der Waals surface area contributed by atoms with Gasteiger partial charge in [-0.3, -0.25) is 4.79 Å². The molecule has 196 valence electrons. The van der Waals surface area contributed by atoms with E-state index in [2.05, 4.69) is 20.3 Å². The van der Waals surface area contributed by atoms with E-state index in [-0.39, 0.29) is 16.6 Å². The van der Waals surface area contributed by atoms with Crippen LogP contribution < -0.4 is 4.90 Å². The van der Waals surface area contributed by atoms with Crippen molar-refractivity contribution in [3.05, 3.63) is 66.2 Å². The van der Waals surface area contributed by atoms with E-state index in [9.17, 15) is 17.6 Å². The summed E-state index contributed by atoms with van der Waals surface area (Å²) in [6, 6.07) is 12.1. The van der Waals surface area contributed by atoms with Crippen molar-refractivity contribution < 1.29 is 17.6 Å². The molecule has 2 aliphatic heterocycles. The van der Waals surface area contributed by atoms with Crippen LogP contribution in [0, 0.1) is 5.82 Å². The van der Waals surface area contributed by atoms with Crippen molar-refractivity contribution in [1.82, 2.24) is 34.2 Å². The SMILES string of the molecule is O=C(c1ccc(S(=O)(=O)N2CCCC2)cc1)N1CCN(c2ncnc3c2nnn3-c2ccc(F)cc2)CC1. The van der Waals surface area contributed by atoms with Gasteiger partial charge in [0.25, 0.3) is 5.91 Å². The fourth-order valence-electron chi connectivity index (χ4n) is 4.88. The zero-order valence-corrected chi connectivity index (χ0v) is 21.3. The number of halogens is 1. The molecule has 0 N–H and O–H groups in total. The minimum atomic E-state index is -3.52. The maximum atomic E-state index is 13.3. The normalized spacial score (nSPS) is 16.9. The van der Waals surface area contributed by atoms with Crippen LogP contribution in [0.2, 0.25) is 0 Å². The topological polar surface area (TPSA) is 117 Å². The van der Waals surface area contributed by atoms with Gasteiger partial charge >= 0.3 is 0 Å². The highest BCUT2D eigenvalue weighted by Crippen LogP contribution is 2.25. The van der Waals surface area contributed by atoms with Gasteiger partial charge in [-0.05, 0) is 61.4 Å². The van der Waals surface area contributed by atoms with Crippen LogP contribution in [-0.4, -0.2) is 87.8 Å². The van der Waals surface area contributed by atoms with Crippen LogP contribution in [0.4, 0.5) is 10.2 Å². The average Bonchev–Trinajstić information content (AvgIpc) is 3.65. The molecular weight excluding hydrogens is 511 g/mol. The Morgan fingerprint density at radius 1 is 0.842 bits per heavy atom. The lowest BCUT2D eigenvalue weighted by molar-refractivity contribution is 0.0746. The Morgan fingerprint density at radius 3 is 2.21 bits per heavy atom. The zero-order valence-electron chi connectivity index (χ0n) is 20.4. The monoisotopic (exact) mass is 536 g/mol. The molecule has 0 saturated carbocycles. The van der Waals surface area contributed by atoms with Gasteiger partial charge in [0.2, 0.25) is 10.0 Å². The van der Waals surface area contributed by atoms with Gasteiger partial charge in [-0.2, -0.15) is 8.99 Å². The molecule has 0 aliphatic carbocycles. The molecule has 0 atom stereocenters. The lowest BCUT2D eigenvalue weighted by atomic mass is 10.2. The summed E-state index contributed by atoms with van der Waals surface area (Å²) in [6.07, 6.45) is 3.18. The summed E-state index contributed by atoms with van der Waals surface area (Å²) in [5, 5.41) is 8.46. The molecule has 0 unspecified atom stereocenters. The summed E-state index contributed by atoms with van der Waals surface area (Å²) in [5.74, 6) is 0.126. The smallest absolute Gasteiger partial charge is 0.253 e. The summed E-state index contributed by atoms with van der Waals surface area (Å²) in [6.45, 7) is 3.06. The van der Waals surface area contributed by atoms with Crippen molar-refractivity contribution in [1.29, 1.82) is 0 Å². The van der Waals surface area contributed by atoms with E-state index >= 15 is 0 Å². The predicted octanol–water partition coefficient (Wildman–Crippen LogP) is 2.10. The lowest BCUT2D eigenvalue weighted by Gasteiger charge is -2.35. The van der Waals surface area contributed by atoms with Crippen LogP contribution in [-0.2, 0) is 10.0 Å². The van der Waals surface area contributed by atoms with E-state index in [1.54, 1.807) is 29.2 Å². The van der Waals surface area contributed by atoms with E-state index in [1.165, 1.54) is 39.6 Å². The average molecular weight is 537 g/mol. The number of rotatable bonds is 5. The third-order valence-electron chi connectivity index (χ3n) is 6.96. The highest BCUT2D eigenvalue weighted by atomic mass is 32.2. The summed E-state index contributed by atoms with van der Waals surface area (Å²) in [5.41, 5.74) is 2.11. The van der Waals surface area contributed by atoms with Gasteiger partial charge in [0.15, 0.2) is 17.0 Å². The van der Waals surface area contributed by atoms with Crippen molar-refractivity contribution in [2.24, 2.45) is 0 Å². The number of aromatic nitrogens is 5.